The monoisotopic (exact) mass is 317 g/mol. The molecule has 3 rings (SSSR count). The Hall–Kier alpha value is -2.19. The van der Waals surface area contributed by atoms with E-state index in [1.807, 2.05) is 44.3 Å². The molecule has 0 fully saturated rings. The van der Waals surface area contributed by atoms with Gasteiger partial charge in [-0.3, -0.25) is 0 Å². The summed E-state index contributed by atoms with van der Waals surface area (Å²) in [5, 5.41) is 21.7. The van der Waals surface area contributed by atoms with Crippen molar-refractivity contribution in [2.24, 2.45) is 7.05 Å². The Balaban J connectivity index is 1.77. The Morgan fingerprint density at radius 3 is 2.73 bits per heavy atom. The van der Waals surface area contributed by atoms with Gasteiger partial charge >= 0.3 is 0 Å². The third-order valence-corrected chi connectivity index (χ3v) is 4.29. The van der Waals surface area contributed by atoms with Gasteiger partial charge in [0.2, 0.25) is 11.7 Å². The lowest BCUT2D eigenvalue weighted by Crippen LogP contribution is -1.99. The van der Waals surface area contributed by atoms with Gasteiger partial charge in [0.1, 0.15) is 6.61 Å². The highest BCUT2D eigenvalue weighted by atomic mass is 32.2. The molecule has 1 aromatic carbocycles. The maximum absolute atomic E-state index is 9.14. The SMILES string of the molecule is CC(Sc1nnc(CO)n1C)c1nc(-c2ccccc2)no1. The van der Waals surface area contributed by atoms with Crippen LogP contribution in [0.25, 0.3) is 11.4 Å². The quantitative estimate of drug-likeness (QED) is 0.721. The fourth-order valence-electron chi connectivity index (χ4n) is 1.90. The molecule has 1 N–H and O–H groups in total. The summed E-state index contributed by atoms with van der Waals surface area (Å²) >= 11 is 1.45. The smallest absolute Gasteiger partial charge is 0.240 e. The largest absolute Gasteiger partial charge is 0.388 e. The summed E-state index contributed by atoms with van der Waals surface area (Å²) in [6.45, 7) is 1.82. The minimum Gasteiger partial charge on any atom is -0.388 e. The minimum atomic E-state index is -0.142. The molecular weight excluding hydrogens is 302 g/mol. The predicted molar refractivity (Wildman–Crippen MR) is 80.9 cm³/mol. The van der Waals surface area contributed by atoms with E-state index >= 15 is 0 Å². The summed E-state index contributed by atoms with van der Waals surface area (Å²) in [4.78, 5) is 4.43. The fraction of sp³-hybridized carbons (Fsp3) is 0.286. The molecule has 114 valence electrons. The molecule has 22 heavy (non-hydrogen) atoms. The fourth-order valence-corrected chi connectivity index (χ4v) is 2.76. The highest BCUT2D eigenvalue weighted by Gasteiger charge is 2.19. The maximum Gasteiger partial charge on any atom is 0.240 e. The highest BCUT2D eigenvalue weighted by molar-refractivity contribution is 7.99. The van der Waals surface area contributed by atoms with Gasteiger partial charge in [0, 0.05) is 12.6 Å². The van der Waals surface area contributed by atoms with E-state index in [9.17, 15) is 0 Å². The lowest BCUT2D eigenvalue weighted by Gasteiger charge is -2.05. The number of hydrogen-bond acceptors (Lipinski definition) is 7. The number of aliphatic hydroxyl groups is 1. The van der Waals surface area contributed by atoms with Gasteiger partial charge in [-0.2, -0.15) is 4.98 Å². The molecule has 0 saturated carbocycles. The molecule has 1 atom stereocenters. The zero-order valence-electron chi connectivity index (χ0n) is 12.2. The van der Waals surface area contributed by atoms with E-state index in [0.717, 1.165) is 5.56 Å². The second-order valence-electron chi connectivity index (χ2n) is 4.70. The molecule has 0 bridgehead atoms. The van der Waals surface area contributed by atoms with Gasteiger partial charge in [-0.1, -0.05) is 47.3 Å². The van der Waals surface area contributed by atoms with Gasteiger partial charge in [0.25, 0.3) is 0 Å². The molecule has 0 spiro atoms. The van der Waals surface area contributed by atoms with Crippen molar-refractivity contribution < 1.29 is 9.63 Å². The molecule has 2 heterocycles. The van der Waals surface area contributed by atoms with E-state index in [1.54, 1.807) is 4.57 Å². The van der Waals surface area contributed by atoms with E-state index in [1.165, 1.54) is 11.8 Å². The third kappa shape index (κ3) is 2.88. The number of rotatable bonds is 5. The maximum atomic E-state index is 9.14. The zero-order chi connectivity index (χ0) is 15.5. The molecule has 0 aliphatic rings. The standard InChI is InChI=1S/C14H15N5O2S/c1-9(22-14-17-16-11(8-20)19(14)2)13-15-12(18-21-13)10-6-4-3-5-7-10/h3-7,9,20H,8H2,1-2H3. The van der Waals surface area contributed by atoms with Crippen LogP contribution in [0.1, 0.15) is 23.9 Å². The minimum absolute atomic E-state index is 0.0700. The molecule has 0 amide bonds. The number of aromatic nitrogens is 5. The van der Waals surface area contributed by atoms with Crippen molar-refractivity contribution in [1.29, 1.82) is 0 Å². The van der Waals surface area contributed by atoms with Crippen molar-refractivity contribution in [2.45, 2.75) is 23.9 Å². The second-order valence-corrected chi connectivity index (χ2v) is 6.01. The third-order valence-electron chi connectivity index (χ3n) is 3.17. The second kappa shape index (κ2) is 6.29. The van der Waals surface area contributed by atoms with Crippen LogP contribution in [0.5, 0.6) is 0 Å². The zero-order valence-corrected chi connectivity index (χ0v) is 13.0. The van der Waals surface area contributed by atoms with E-state index in [2.05, 4.69) is 20.3 Å². The summed E-state index contributed by atoms with van der Waals surface area (Å²) in [7, 11) is 1.81. The number of benzene rings is 1. The number of hydrogen-bond donors (Lipinski definition) is 1. The average molecular weight is 317 g/mol. The molecule has 0 radical (unpaired) electrons. The van der Waals surface area contributed by atoms with Crippen molar-refractivity contribution in [2.75, 3.05) is 0 Å². The number of thioether (sulfide) groups is 1. The topological polar surface area (TPSA) is 89.9 Å². The first-order valence-corrected chi connectivity index (χ1v) is 7.62. The first-order valence-electron chi connectivity index (χ1n) is 6.74. The molecule has 3 aromatic rings. The van der Waals surface area contributed by atoms with E-state index < -0.39 is 0 Å². The van der Waals surface area contributed by atoms with E-state index in [-0.39, 0.29) is 11.9 Å². The van der Waals surface area contributed by atoms with Crippen molar-refractivity contribution in [3.05, 3.63) is 42.0 Å². The van der Waals surface area contributed by atoms with Crippen LogP contribution >= 0.6 is 11.8 Å². The molecular formula is C14H15N5O2S. The van der Waals surface area contributed by atoms with E-state index in [4.69, 9.17) is 9.63 Å². The van der Waals surface area contributed by atoms with Gasteiger partial charge in [-0.25, -0.2) is 0 Å². The Kier molecular flexibility index (Phi) is 4.21. The van der Waals surface area contributed by atoms with Crippen LogP contribution in [0.4, 0.5) is 0 Å². The van der Waals surface area contributed by atoms with Gasteiger partial charge in [0.15, 0.2) is 11.0 Å². The molecule has 2 aromatic heterocycles. The normalized spacial score (nSPS) is 12.5. The Morgan fingerprint density at radius 2 is 2.05 bits per heavy atom. The van der Waals surface area contributed by atoms with Crippen molar-refractivity contribution in [3.63, 3.8) is 0 Å². The van der Waals surface area contributed by atoms with Gasteiger partial charge < -0.3 is 14.2 Å². The number of nitrogens with zero attached hydrogens (tertiary/aromatic N) is 5. The molecule has 0 aliphatic heterocycles. The predicted octanol–water partition coefficient (Wildman–Crippen LogP) is 2.21. The first-order chi connectivity index (χ1) is 10.7. The van der Waals surface area contributed by atoms with Crippen LogP contribution < -0.4 is 0 Å². The van der Waals surface area contributed by atoms with E-state index in [0.29, 0.717) is 22.7 Å². The number of aliphatic hydroxyl groups excluding tert-OH is 1. The summed E-state index contributed by atoms with van der Waals surface area (Å²) in [6.07, 6.45) is 0. The molecule has 0 aliphatic carbocycles. The molecule has 8 heteroatoms. The molecule has 1 unspecified atom stereocenters. The summed E-state index contributed by atoms with van der Waals surface area (Å²) in [6, 6.07) is 9.67. The molecule has 7 nitrogen and oxygen atoms in total. The van der Waals surface area contributed by atoms with Gasteiger partial charge in [-0.15, -0.1) is 10.2 Å². The summed E-state index contributed by atoms with van der Waals surface area (Å²) in [5.41, 5.74) is 0.913. The van der Waals surface area contributed by atoms with Crippen molar-refractivity contribution in [3.8, 4) is 11.4 Å². The average Bonchev–Trinajstić information content (AvgIpc) is 3.16. The van der Waals surface area contributed by atoms with Crippen LogP contribution in [0.2, 0.25) is 0 Å². The molecule has 0 saturated heterocycles. The summed E-state index contributed by atoms with van der Waals surface area (Å²) < 4.78 is 7.08. The van der Waals surface area contributed by atoms with Crippen LogP contribution in [0.15, 0.2) is 40.0 Å². The highest BCUT2D eigenvalue weighted by Crippen LogP contribution is 2.33. The van der Waals surface area contributed by atoms with Gasteiger partial charge in [0.05, 0.1) is 5.25 Å². The lowest BCUT2D eigenvalue weighted by molar-refractivity contribution is 0.266. The van der Waals surface area contributed by atoms with Crippen molar-refractivity contribution >= 4 is 11.8 Å². The Labute approximate surface area is 131 Å². The van der Waals surface area contributed by atoms with Crippen LogP contribution in [0.3, 0.4) is 0 Å². The lowest BCUT2D eigenvalue weighted by atomic mass is 10.2. The van der Waals surface area contributed by atoms with Crippen molar-refractivity contribution in [1.82, 2.24) is 24.9 Å². The summed E-state index contributed by atoms with van der Waals surface area (Å²) in [5.74, 6) is 1.61. The van der Waals surface area contributed by atoms with Gasteiger partial charge in [-0.05, 0) is 6.92 Å². The Bertz CT molecular complexity index is 756. The van der Waals surface area contributed by atoms with Crippen LogP contribution in [0, 0.1) is 0 Å². The van der Waals surface area contributed by atoms with Crippen LogP contribution in [-0.2, 0) is 13.7 Å². The van der Waals surface area contributed by atoms with Crippen LogP contribution in [-0.4, -0.2) is 30.0 Å². The first kappa shape index (κ1) is 14.7. The Morgan fingerprint density at radius 1 is 1.27 bits per heavy atom.